The summed E-state index contributed by atoms with van der Waals surface area (Å²) < 4.78 is 11.8. The summed E-state index contributed by atoms with van der Waals surface area (Å²) >= 11 is 5.97. The number of hydrogen-bond donors (Lipinski definition) is 2. The molecule has 0 saturated carbocycles. The van der Waals surface area contributed by atoms with Crippen molar-refractivity contribution in [3.05, 3.63) is 34.9 Å². The molecule has 1 atom stereocenters. The van der Waals surface area contributed by atoms with Gasteiger partial charge in [-0.25, -0.2) is 4.99 Å². The zero-order valence-corrected chi connectivity index (χ0v) is 18.1. The van der Waals surface area contributed by atoms with E-state index in [-0.39, 0.29) is 28.7 Å². The van der Waals surface area contributed by atoms with Gasteiger partial charge in [-0.05, 0) is 45.4 Å². The average molecular weight is 472 g/mol. The fourth-order valence-corrected chi connectivity index (χ4v) is 2.83. The standard InChI is InChI=1S/C16H26ClN3OS.HI/c1-5-18-15(19-9-10-22(21)16(2,3)4)20-12-13-7-6-8-14(17)11-13;/h6-8,11H,5,9-10,12H2,1-4H3,(H2,18,19,20);1H. The Bertz CT molecular complexity index is 532. The topological polar surface area (TPSA) is 53.5 Å². The van der Waals surface area contributed by atoms with Gasteiger partial charge in [0.25, 0.3) is 0 Å². The van der Waals surface area contributed by atoms with Crippen molar-refractivity contribution in [1.82, 2.24) is 10.6 Å². The highest BCUT2D eigenvalue weighted by molar-refractivity contribution is 14.0. The number of rotatable bonds is 6. The third kappa shape index (κ3) is 9.52. The van der Waals surface area contributed by atoms with Crippen molar-refractivity contribution in [2.45, 2.75) is 39.0 Å². The highest BCUT2D eigenvalue weighted by atomic mass is 127. The first-order valence-corrected chi connectivity index (χ1v) is 9.17. The molecule has 23 heavy (non-hydrogen) atoms. The first kappa shape index (κ1) is 22.7. The summed E-state index contributed by atoms with van der Waals surface area (Å²) in [6.45, 7) is 9.95. The molecule has 0 aliphatic rings. The van der Waals surface area contributed by atoms with Gasteiger partial charge in [-0.2, -0.15) is 0 Å². The Morgan fingerprint density at radius 3 is 2.57 bits per heavy atom. The average Bonchev–Trinajstić information content (AvgIpc) is 2.43. The van der Waals surface area contributed by atoms with Crippen molar-refractivity contribution in [3.8, 4) is 0 Å². The van der Waals surface area contributed by atoms with Crippen LogP contribution < -0.4 is 10.6 Å². The van der Waals surface area contributed by atoms with Gasteiger partial charge >= 0.3 is 0 Å². The van der Waals surface area contributed by atoms with E-state index in [4.69, 9.17) is 11.6 Å². The molecule has 4 nitrogen and oxygen atoms in total. The molecule has 1 aromatic carbocycles. The smallest absolute Gasteiger partial charge is 0.191 e. The molecule has 1 aromatic rings. The van der Waals surface area contributed by atoms with Gasteiger partial charge in [-0.3, -0.25) is 4.21 Å². The van der Waals surface area contributed by atoms with E-state index in [0.717, 1.165) is 18.1 Å². The molecule has 1 rings (SSSR count). The van der Waals surface area contributed by atoms with E-state index in [9.17, 15) is 4.21 Å². The minimum atomic E-state index is -0.863. The van der Waals surface area contributed by atoms with Gasteiger partial charge in [0.1, 0.15) is 0 Å². The molecule has 0 aromatic heterocycles. The minimum absolute atomic E-state index is 0. The van der Waals surface area contributed by atoms with Crippen LogP contribution in [0.3, 0.4) is 0 Å². The fourth-order valence-electron chi connectivity index (χ4n) is 1.72. The van der Waals surface area contributed by atoms with Crippen molar-refractivity contribution >= 4 is 52.3 Å². The molecule has 7 heteroatoms. The van der Waals surface area contributed by atoms with Crippen LogP contribution in [-0.2, 0) is 17.3 Å². The quantitative estimate of drug-likeness (QED) is 0.379. The van der Waals surface area contributed by atoms with Crippen LogP contribution in [-0.4, -0.2) is 33.8 Å². The number of nitrogens with one attached hydrogen (secondary N) is 2. The molecule has 0 heterocycles. The summed E-state index contributed by atoms with van der Waals surface area (Å²) in [4.78, 5) is 4.52. The molecule has 0 aliphatic heterocycles. The van der Waals surface area contributed by atoms with Crippen LogP contribution in [0.2, 0.25) is 5.02 Å². The first-order chi connectivity index (χ1) is 10.3. The molecule has 1 unspecified atom stereocenters. The van der Waals surface area contributed by atoms with E-state index in [1.807, 2.05) is 52.0 Å². The molecule has 0 bridgehead atoms. The lowest BCUT2D eigenvalue weighted by Crippen LogP contribution is -2.40. The van der Waals surface area contributed by atoms with E-state index >= 15 is 0 Å². The molecular formula is C16H27ClIN3OS. The molecule has 0 spiro atoms. The van der Waals surface area contributed by atoms with Crippen LogP contribution in [0.15, 0.2) is 29.3 Å². The maximum Gasteiger partial charge on any atom is 0.191 e. The summed E-state index contributed by atoms with van der Waals surface area (Å²) in [5, 5.41) is 7.12. The zero-order chi connectivity index (χ0) is 16.6. The van der Waals surface area contributed by atoms with Crippen LogP contribution in [0.1, 0.15) is 33.3 Å². The lowest BCUT2D eigenvalue weighted by atomic mass is 10.2. The Morgan fingerprint density at radius 1 is 1.30 bits per heavy atom. The second-order valence-corrected chi connectivity index (χ2v) is 8.67. The molecule has 0 amide bonds. The predicted molar refractivity (Wildman–Crippen MR) is 112 cm³/mol. The lowest BCUT2D eigenvalue weighted by molar-refractivity contribution is 0.647. The molecule has 0 aliphatic carbocycles. The molecule has 132 valence electrons. The predicted octanol–water partition coefficient (Wildman–Crippen LogP) is 3.56. The summed E-state index contributed by atoms with van der Waals surface area (Å²) in [6.07, 6.45) is 0. The number of halogens is 2. The minimum Gasteiger partial charge on any atom is -0.357 e. The number of nitrogens with zero attached hydrogens (tertiary/aromatic N) is 1. The van der Waals surface area contributed by atoms with Crippen LogP contribution in [0.4, 0.5) is 0 Å². The van der Waals surface area contributed by atoms with Crippen molar-refractivity contribution in [3.63, 3.8) is 0 Å². The Morgan fingerprint density at radius 2 is 2.00 bits per heavy atom. The summed E-state index contributed by atoms with van der Waals surface area (Å²) in [5.74, 6) is 1.33. The van der Waals surface area contributed by atoms with Crippen LogP contribution in [0.5, 0.6) is 0 Å². The van der Waals surface area contributed by atoms with Gasteiger partial charge < -0.3 is 10.6 Å². The van der Waals surface area contributed by atoms with E-state index in [2.05, 4.69) is 15.6 Å². The van der Waals surface area contributed by atoms with E-state index < -0.39 is 10.8 Å². The Kier molecular flexibility index (Phi) is 11.1. The van der Waals surface area contributed by atoms with Crippen LogP contribution >= 0.6 is 35.6 Å². The van der Waals surface area contributed by atoms with Gasteiger partial charge in [0.05, 0.1) is 6.54 Å². The Labute approximate surface area is 164 Å². The maximum atomic E-state index is 12.0. The molecular weight excluding hydrogens is 445 g/mol. The third-order valence-electron chi connectivity index (χ3n) is 2.92. The van der Waals surface area contributed by atoms with Gasteiger partial charge in [0.15, 0.2) is 5.96 Å². The van der Waals surface area contributed by atoms with Gasteiger partial charge in [0, 0.05) is 39.4 Å². The zero-order valence-electron chi connectivity index (χ0n) is 14.2. The van der Waals surface area contributed by atoms with Crippen molar-refractivity contribution < 1.29 is 4.21 Å². The van der Waals surface area contributed by atoms with E-state index in [1.54, 1.807) is 0 Å². The van der Waals surface area contributed by atoms with Crippen molar-refractivity contribution in [2.24, 2.45) is 4.99 Å². The summed E-state index contributed by atoms with van der Waals surface area (Å²) in [5.41, 5.74) is 1.06. The molecule has 0 radical (unpaired) electrons. The highest BCUT2D eigenvalue weighted by Gasteiger charge is 2.18. The van der Waals surface area contributed by atoms with Crippen LogP contribution in [0.25, 0.3) is 0 Å². The first-order valence-electron chi connectivity index (χ1n) is 7.48. The van der Waals surface area contributed by atoms with Crippen molar-refractivity contribution in [1.29, 1.82) is 0 Å². The number of aliphatic imine (C=N–C) groups is 1. The monoisotopic (exact) mass is 471 g/mol. The Hall–Kier alpha value is -0.340. The lowest BCUT2D eigenvalue weighted by Gasteiger charge is -2.18. The molecule has 0 saturated heterocycles. The van der Waals surface area contributed by atoms with E-state index in [0.29, 0.717) is 23.9 Å². The number of guanidine groups is 1. The van der Waals surface area contributed by atoms with Gasteiger partial charge in [0.2, 0.25) is 0 Å². The normalized spacial score (nSPS) is 13.2. The summed E-state index contributed by atoms with van der Waals surface area (Å²) in [6, 6.07) is 7.66. The van der Waals surface area contributed by atoms with Crippen molar-refractivity contribution in [2.75, 3.05) is 18.8 Å². The van der Waals surface area contributed by atoms with Gasteiger partial charge in [-0.1, -0.05) is 23.7 Å². The molecule has 0 fully saturated rings. The fraction of sp³-hybridized carbons (Fsp3) is 0.562. The third-order valence-corrected chi connectivity index (χ3v) is 5.09. The SMILES string of the molecule is CCNC(=NCc1cccc(Cl)c1)NCCS(=O)C(C)(C)C.I. The second kappa shape index (κ2) is 11.3. The number of hydrogen-bond acceptors (Lipinski definition) is 2. The summed E-state index contributed by atoms with van der Waals surface area (Å²) in [7, 11) is -0.863. The Balaban J connectivity index is 0.00000484. The number of benzene rings is 1. The maximum absolute atomic E-state index is 12.0. The molecule has 2 N–H and O–H groups in total. The van der Waals surface area contributed by atoms with Crippen LogP contribution in [0, 0.1) is 0 Å². The van der Waals surface area contributed by atoms with E-state index in [1.165, 1.54) is 0 Å². The largest absolute Gasteiger partial charge is 0.357 e. The highest BCUT2D eigenvalue weighted by Crippen LogP contribution is 2.11. The second-order valence-electron chi connectivity index (χ2n) is 5.91. The van der Waals surface area contributed by atoms with Gasteiger partial charge in [-0.15, -0.1) is 24.0 Å².